The molecule has 0 N–H and O–H groups in total. The minimum absolute atomic E-state index is 1.16. The van der Waals surface area contributed by atoms with E-state index in [1.54, 1.807) is 0 Å². The monoisotopic (exact) mass is 234 g/mol. The van der Waals surface area contributed by atoms with E-state index in [2.05, 4.69) is 59.5 Å². The minimum Gasteiger partial charge on any atom is -0.323 e. The number of rotatable bonds is 5. The second-order valence-electron chi connectivity index (χ2n) is 4.23. The molecule has 0 amide bonds. The van der Waals surface area contributed by atoms with Crippen LogP contribution in [0, 0.1) is 0 Å². The van der Waals surface area contributed by atoms with E-state index in [4.69, 9.17) is 0 Å². The maximum atomic E-state index is 2.24. The van der Waals surface area contributed by atoms with E-state index in [-0.39, 0.29) is 0 Å². The molecule has 2 aromatic heterocycles. The van der Waals surface area contributed by atoms with Crippen molar-refractivity contribution in [3.63, 3.8) is 0 Å². The molecule has 2 nitrogen and oxygen atoms in total. The highest BCUT2D eigenvalue weighted by Gasteiger charge is 2.05. The topological polar surface area (TPSA) is 8.17 Å². The number of hydrogen-bond acceptors (Lipinski definition) is 2. The van der Waals surface area contributed by atoms with E-state index in [1.165, 1.54) is 23.4 Å². The molecule has 0 aliphatic heterocycles. The van der Waals surface area contributed by atoms with Crippen molar-refractivity contribution in [1.82, 2.24) is 9.47 Å². The van der Waals surface area contributed by atoms with Gasteiger partial charge in [0.2, 0.25) is 0 Å². The van der Waals surface area contributed by atoms with Crippen LogP contribution in [0.4, 0.5) is 0 Å². The van der Waals surface area contributed by atoms with Gasteiger partial charge in [-0.3, -0.25) is 0 Å². The highest BCUT2D eigenvalue weighted by atomic mass is 32.1. The van der Waals surface area contributed by atoms with Crippen molar-refractivity contribution < 1.29 is 0 Å². The Balaban J connectivity index is 2.03. The van der Waals surface area contributed by atoms with Gasteiger partial charge < -0.3 is 9.47 Å². The molecule has 3 heteroatoms. The number of aromatic nitrogens is 1. The molecule has 0 bridgehead atoms. The van der Waals surface area contributed by atoms with E-state index in [0.717, 1.165) is 6.54 Å². The second kappa shape index (κ2) is 5.32. The Bertz CT molecular complexity index is 415. The van der Waals surface area contributed by atoms with Crippen LogP contribution in [-0.4, -0.2) is 30.1 Å². The van der Waals surface area contributed by atoms with E-state index < -0.39 is 0 Å². The van der Waals surface area contributed by atoms with Gasteiger partial charge in [-0.15, -0.1) is 11.3 Å². The summed E-state index contributed by atoms with van der Waals surface area (Å²) in [7, 11) is 4.25. The predicted octanol–water partition coefficient (Wildman–Crippen LogP) is 3.03. The maximum Gasteiger partial charge on any atom is 0.0588 e. The highest BCUT2D eigenvalue weighted by molar-refractivity contribution is 7.10. The summed E-state index contributed by atoms with van der Waals surface area (Å²) in [6, 6.07) is 6.35. The third kappa shape index (κ3) is 2.74. The second-order valence-corrected chi connectivity index (χ2v) is 5.23. The molecule has 0 unspecified atom stereocenters. The average molecular weight is 234 g/mol. The molecule has 0 saturated heterocycles. The number of hydrogen-bond donors (Lipinski definition) is 0. The first-order valence-electron chi connectivity index (χ1n) is 5.62. The first-order valence-corrected chi connectivity index (χ1v) is 6.50. The molecule has 2 heterocycles. The van der Waals surface area contributed by atoms with E-state index in [0.29, 0.717) is 0 Å². The van der Waals surface area contributed by atoms with Crippen molar-refractivity contribution in [2.24, 2.45) is 0 Å². The third-order valence-electron chi connectivity index (χ3n) is 2.61. The molecule has 2 aromatic rings. The maximum absolute atomic E-state index is 2.24. The SMILES string of the molecule is CN(C)CCCc1sccc1-n1cccc1. The Morgan fingerprint density at radius 2 is 2.00 bits per heavy atom. The fourth-order valence-electron chi connectivity index (χ4n) is 1.80. The lowest BCUT2D eigenvalue weighted by molar-refractivity contribution is 0.401. The Hall–Kier alpha value is -1.06. The quantitative estimate of drug-likeness (QED) is 0.772. The van der Waals surface area contributed by atoms with Gasteiger partial charge in [0.1, 0.15) is 0 Å². The molecule has 0 spiro atoms. The zero-order valence-corrected chi connectivity index (χ0v) is 10.7. The molecule has 0 aliphatic rings. The molecular formula is C13H18N2S. The van der Waals surface area contributed by atoms with Crippen LogP contribution in [0.3, 0.4) is 0 Å². The number of aryl methyl sites for hydroxylation is 1. The largest absolute Gasteiger partial charge is 0.323 e. The summed E-state index contributed by atoms with van der Waals surface area (Å²) in [6.07, 6.45) is 6.61. The van der Waals surface area contributed by atoms with Crippen LogP contribution in [0.25, 0.3) is 5.69 Å². The van der Waals surface area contributed by atoms with Gasteiger partial charge in [0.25, 0.3) is 0 Å². The van der Waals surface area contributed by atoms with Crippen molar-refractivity contribution in [3.8, 4) is 5.69 Å². The van der Waals surface area contributed by atoms with Crippen LogP contribution in [0.5, 0.6) is 0 Å². The van der Waals surface area contributed by atoms with Crippen molar-refractivity contribution >= 4 is 11.3 Å². The number of nitrogens with zero attached hydrogens (tertiary/aromatic N) is 2. The zero-order valence-electron chi connectivity index (χ0n) is 9.89. The summed E-state index contributed by atoms with van der Waals surface area (Å²) in [4.78, 5) is 3.72. The molecule has 0 saturated carbocycles. The van der Waals surface area contributed by atoms with Crippen LogP contribution in [-0.2, 0) is 6.42 Å². The number of thiophene rings is 1. The van der Waals surface area contributed by atoms with Crippen LogP contribution < -0.4 is 0 Å². The summed E-state index contributed by atoms with van der Waals surface area (Å²) in [5.74, 6) is 0. The fourth-order valence-corrected chi connectivity index (χ4v) is 2.72. The lowest BCUT2D eigenvalue weighted by Gasteiger charge is -2.09. The molecular weight excluding hydrogens is 216 g/mol. The summed E-state index contributed by atoms with van der Waals surface area (Å²) in [5, 5.41) is 2.18. The van der Waals surface area contributed by atoms with E-state index in [1.807, 2.05) is 11.3 Å². The molecule has 0 atom stereocenters. The molecule has 0 aromatic carbocycles. The van der Waals surface area contributed by atoms with Gasteiger partial charge in [0, 0.05) is 17.3 Å². The Labute approximate surface area is 101 Å². The van der Waals surface area contributed by atoms with Gasteiger partial charge in [-0.2, -0.15) is 0 Å². The van der Waals surface area contributed by atoms with Gasteiger partial charge in [0.05, 0.1) is 5.69 Å². The van der Waals surface area contributed by atoms with Crippen LogP contribution in [0.1, 0.15) is 11.3 Å². The Kier molecular flexibility index (Phi) is 3.80. The molecule has 86 valence electrons. The van der Waals surface area contributed by atoms with E-state index >= 15 is 0 Å². The van der Waals surface area contributed by atoms with Gasteiger partial charge in [-0.25, -0.2) is 0 Å². The summed E-state index contributed by atoms with van der Waals surface area (Å²) in [5.41, 5.74) is 1.34. The van der Waals surface area contributed by atoms with Crippen molar-refractivity contribution in [2.75, 3.05) is 20.6 Å². The van der Waals surface area contributed by atoms with Gasteiger partial charge >= 0.3 is 0 Å². The van der Waals surface area contributed by atoms with Crippen molar-refractivity contribution in [2.45, 2.75) is 12.8 Å². The standard InChI is InChI=1S/C13H18N2S/c1-14(2)8-5-6-13-12(7-11-16-13)15-9-3-4-10-15/h3-4,7,9-11H,5-6,8H2,1-2H3. The summed E-state index contributed by atoms with van der Waals surface area (Å²) < 4.78 is 2.20. The smallest absolute Gasteiger partial charge is 0.0588 e. The van der Waals surface area contributed by atoms with Crippen molar-refractivity contribution in [1.29, 1.82) is 0 Å². The van der Waals surface area contributed by atoms with Crippen LogP contribution >= 0.6 is 11.3 Å². The molecule has 0 radical (unpaired) electrons. The predicted molar refractivity (Wildman–Crippen MR) is 70.5 cm³/mol. The summed E-state index contributed by atoms with van der Waals surface area (Å²) >= 11 is 1.86. The van der Waals surface area contributed by atoms with Gasteiger partial charge in [-0.05, 0) is 57.1 Å². The lowest BCUT2D eigenvalue weighted by atomic mass is 10.2. The fraction of sp³-hybridized carbons (Fsp3) is 0.385. The van der Waals surface area contributed by atoms with Crippen LogP contribution in [0.2, 0.25) is 0 Å². The first-order chi connectivity index (χ1) is 7.77. The van der Waals surface area contributed by atoms with Gasteiger partial charge in [0.15, 0.2) is 0 Å². The van der Waals surface area contributed by atoms with Crippen molar-refractivity contribution in [3.05, 3.63) is 40.8 Å². The average Bonchev–Trinajstić information content (AvgIpc) is 2.84. The molecule has 16 heavy (non-hydrogen) atoms. The Morgan fingerprint density at radius 3 is 2.69 bits per heavy atom. The first kappa shape index (κ1) is 11.4. The molecule has 0 aliphatic carbocycles. The Morgan fingerprint density at radius 1 is 1.25 bits per heavy atom. The third-order valence-corrected chi connectivity index (χ3v) is 3.58. The van der Waals surface area contributed by atoms with Gasteiger partial charge in [-0.1, -0.05) is 0 Å². The molecule has 2 rings (SSSR count). The molecule has 0 fully saturated rings. The van der Waals surface area contributed by atoms with E-state index in [9.17, 15) is 0 Å². The lowest BCUT2D eigenvalue weighted by Crippen LogP contribution is -2.13. The summed E-state index contributed by atoms with van der Waals surface area (Å²) in [6.45, 7) is 1.16. The van der Waals surface area contributed by atoms with Crippen LogP contribution in [0.15, 0.2) is 36.0 Å². The highest BCUT2D eigenvalue weighted by Crippen LogP contribution is 2.22. The minimum atomic E-state index is 1.16. The normalized spacial score (nSPS) is 11.2. The zero-order chi connectivity index (χ0) is 11.4.